The number of rotatable bonds is 18. The molecule has 0 saturated carbocycles. The summed E-state index contributed by atoms with van der Waals surface area (Å²) in [4.78, 5) is 61.3. The maximum absolute atomic E-state index is 13.2. The van der Waals surface area contributed by atoms with Crippen LogP contribution in [0, 0.1) is 17.2 Å². The van der Waals surface area contributed by atoms with Crippen LogP contribution in [0.15, 0.2) is 0 Å². The topological polar surface area (TPSA) is 216 Å². The quantitative estimate of drug-likeness (QED) is 0.0469. The minimum Gasteiger partial charge on any atom is -0.480 e. The Kier molecular flexibility index (Phi) is 15.9. The fourth-order valence-corrected chi connectivity index (χ4v) is 3.70. The van der Waals surface area contributed by atoms with Gasteiger partial charge in [-0.15, -0.1) is 0 Å². The van der Waals surface area contributed by atoms with E-state index in [1.165, 1.54) is 11.8 Å². The zero-order valence-corrected chi connectivity index (χ0v) is 22.4. The van der Waals surface area contributed by atoms with Crippen molar-refractivity contribution in [2.45, 2.75) is 71.1 Å². The van der Waals surface area contributed by atoms with Crippen LogP contribution in [-0.2, 0) is 24.0 Å². The normalized spacial score (nSPS) is 14.2. The Morgan fingerprint density at radius 2 is 1.47 bits per heavy atom. The number of thioether (sulfide) groups is 1. The first-order valence-electron chi connectivity index (χ1n) is 11.8. The second kappa shape index (κ2) is 17.4. The van der Waals surface area contributed by atoms with Crippen molar-refractivity contribution < 1.29 is 29.1 Å². The molecule has 0 spiro atoms. The molecular weight excluding hydrogens is 490 g/mol. The van der Waals surface area contributed by atoms with Crippen molar-refractivity contribution in [3.8, 4) is 0 Å². The Balaban J connectivity index is 5.62. The molecular formula is C22H41N7O6S. The molecule has 14 heteroatoms. The summed E-state index contributed by atoms with van der Waals surface area (Å²) in [6.45, 7) is 6.99. The van der Waals surface area contributed by atoms with Gasteiger partial charge >= 0.3 is 5.97 Å². The monoisotopic (exact) mass is 531 g/mol. The molecule has 13 nitrogen and oxygen atoms in total. The molecule has 0 aliphatic rings. The van der Waals surface area contributed by atoms with E-state index in [9.17, 15) is 29.1 Å². The number of hydrogen-bond acceptors (Lipinski definition) is 7. The molecule has 0 bridgehead atoms. The number of carboxylic acids is 1. The number of carbonyl (C=O) groups is 5. The fourth-order valence-electron chi connectivity index (χ4n) is 3.22. The molecule has 0 aromatic rings. The Labute approximate surface area is 216 Å². The minimum absolute atomic E-state index is 0.157. The number of guanidine groups is 1. The summed E-state index contributed by atoms with van der Waals surface area (Å²) in [5, 5.41) is 29.4. The highest BCUT2D eigenvalue weighted by atomic mass is 32.2. The average molecular weight is 532 g/mol. The van der Waals surface area contributed by atoms with Gasteiger partial charge in [0.25, 0.3) is 0 Å². The Bertz CT molecular complexity index is 765. The van der Waals surface area contributed by atoms with Crippen molar-refractivity contribution in [3.63, 3.8) is 0 Å². The first kappa shape index (κ1) is 33.0. The molecule has 0 saturated heterocycles. The molecule has 206 valence electrons. The van der Waals surface area contributed by atoms with E-state index in [1.807, 2.05) is 6.26 Å². The van der Waals surface area contributed by atoms with Crippen LogP contribution >= 0.6 is 11.8 Å². The summed E-state index contributed by atoms with van der Waals surface area (Å²) in [6, 6.07) is -4.07. The highest BCUT2D eigenvalue weighted by Gasteiger charge is 2.32. The molecule has 0 fully saturated rings. The molecule has 0 aliphatic heterocycles. The van der Waals surface area contributed by atoms with Crippen molar-refractivity contribution in [2.75, 3.05) is 18.6 Å². The van der Waals surface area contributed by atoms with Gasteiger partial charge in [-0.05, 0) is 43.1 Å². The highest BCUT2D eigenvalue weighted by Crippen LogP contribution is 2.09. The highest BCUT2D eigenvalue weighted by molar-refractivity contribution is 7.98. The van der Waals surface area contributed by atoms with Crippen molar-refractivity contribution >= 4 is 47.8 Å². The van der Waals surface area contributed by atoms with Crippen LogP contribution in [0.3, 0.4) is 0 Å². The molecule has 0 heterocycles. The van der Waals surface area contributed by atoms with Gasteiger partial charge in [-0.2, -0.15) is 11.8 Å². The lowest BCUT2D eigenvalue weighted by Gasteiger charge is -2.28. The summed E-state index contributed by atoms with van der Waals surface area (Å²) in [6.07, 6.45) is 3.16. The second-order valence-corrected chi connectivity index (χ2v) is 9.95. The van der Waals surface area contributed by atoms with Gasteiger partial charge in [0.05, 0.1) is 0 Å². The molecule has 9 N–H and O–H groups in total. The molecule has 0 aromatic carbocycles. The molecule has 0 aliphatic carbocycles. The molecule has 4 amide bonds. The van der Waals surface area contributed by atoms with Crippen molar-refractivity contribution in [1.29, 1.82) is 5.41 Å². The fraction of sp³-hybridized carbons (Fsp3) is 0.727. The molecule has 36 heavy (non-hydrogen) atoms. The molecule has 0 aromatic heterocycles. The van der Waals surface area contributed by atoms with E-state index in [0.717, 1.165) is 0 Å². The summed E-state index contributed by atoms with van der Waals surface area (Å²) < 4.78 is 0. The van der Waals surface area contributed by atoms with Crippen LogP contribution < -0.4 is 32.3 Å². The smallest absolute Gasteiger partial charge is 0.326 e. The van der Waals surface area contributed by atoms with E-state index < -0.39 is 47.9 Å². The summed E-state index contributed by atoms with van der Waals surface area (Å²) >= 11 is 1.50. The Morgan fingerprint density at radius 3 is 1.94 bits per heavy atom. The Hall–Kier alpha value is -3.03. The van der Waals surface area contributed by atoms with E-state index in [-0.39, 0.29) is 30.8 Å². The van der Waals surface area contributed by atoms with Crippen molar-refractivity contribution in [1.82, 2.24) is 26.6 Å². The van der Waals surface area contributed by atoms with Crippen LogP contribution in [-0.4, -0.2) is 83.9 Å². The number of amides is 4. The number of carboxylic acid groups (broad SMARTS) is 1. The summed E-state index contributed by atoms with van der Waals surface area (Å²) in [5.74, 6) is -3.40. The molecule has 0 rings (SSSR count). The average Bonchev–Trinajstić information content (AvgIpc) is 2.79. The lowest BCUT2D eigenvalue weighted by Crippen LogP contribution is -2.59. The number of carbonyl (C=O) groups excluding carboxylic acids is 4. The largest absolute Gasteiger partial charge is 0.480 e. The van der Waals surface area contributed by atoms with Crippen LogP contribution in [0.25, 0.3) is 0 Å². The standard InChI is InChI=1S/C22H41N7O6S/c1-12(2)16(20(33)29-17(13(3)4)21(34)35)28-19(32)15(7-6-9-25-22(23)24)27-18(31)14(26-11-30)8-10-36-5/h11-17H,6-10H2,1-5H3,(H,26,30)(H,27,31)(H,28,32)(H,29,33)(H,34,35)(H4,23,24,25)/t14-,15-,16-,17-/m0/s1. The maximum Gasteiger partial charge on any atom is 0.326 e. The Morgan fingerprint density at radius 1 is 0.917 bits per heavy atom. The number of aliphatic carboxylic acids is 1. The van der Waals surface area contributed by atoms with Gasteiger partial charge in [-0.25, -0.2) is 4.79 Å². The van der Waals surface area contributed by atoms with Gasteiger partial charge in [0.15, 0.2) is 5.96 Å². The summed E-state index contributed by atoms with van der Waals surface area (Å²) in [7, 11) is 0. The number of nitrogens with two attached hydrogens (primary N) is 1. The predicted molar refractivity (Wildman–Crippen MR) is 138 cm³/mol. The summed E-state index contributed by atoms with van der Waals surface area (Å²) in [5.41, 5.74) is 5.28. The van der Waals surface area contributed by atoms with Crippen LogP contribution in [0.5, 0.6) is 0 Å². The predicted octanol–water partition coefficient (Wildman–Crippen LogP) is -1.03. The van der Waals surface area contributed by atoms with E-state index in [2.05, 4.69) is 26.6 Å². The van der Waals surface area contributed by atoms with E-state index in [4.69, 9.17) is 11.1 Å². The van der Waals surface area contributed by atoms with Crippen LogP contribution in [0.4, 0.5) is 0 Å². The third-order valence-electron chi connectivity index (χ3n) is 5.29. The SMILES string of the molecule is CSCC[C@H](NC=O)C(=O)N[C@@H](CCCNC(=N)N)C(=O)N[C@H](C(=O)N[C@H](C(=O)O)C(C)C)C(C)C. The zero-order chi connectivity index (χ0) is 27.8. The van der Waals surface area contributed by atoms with Crippen LogP contribution in [0.1, 0.15) is 47.0 Å². The zero-order valence-electron chi connectivity index (χ0n) is 21.6. The first-order valence-corrected chi connectivity index (χ1v) is 13.1. The van der Waals surface area contributed by atoms with Crippen LogP contribution in [0.2, 0.25) is 0 Å². The van der Waals surface area contributed by atoms with Gasteiger partial charge < -0.3 is 37.4 Å². The van der Waals surface area contributed by atoms with Gasteiger partial charge in [-0.1, -0.05) is 27.7 Å². The molecule has 0 radical (unpaired) electrons. The van der Waals surface area contributed by atoms with Gasteiger partial charge in [0.2, 0.25) is 24.1 Å². The van der Waals surface area contributed by atoms with E-state index in [1.54, 1.807) is 27.7 Å². The minimum atomic E-state index is -1.19. The van der Waals surface area contributed by atoms with Gasteiger partial charge in [-0.3, -0.25) is 24.6 Å². The number of nitrogens with one attached hydrogen (secondary N) is 6. The third-order valence-corrected chi connectivity index (χ3v) is 5.94. The third kappa shape index (κ3) is 12.6. The molecule has 4 atom stereocenters. The van der Waals surface area contributed by atoms with Gasteiger partial charge in [0, 0.05) is 6.54 Å². The number of hydrogen-bond donors (Lipinski definition) is 8. The van der Waals surface area contributed by atoms with Crippen molar-refractivity contribution in [2.24, 2.45) is 17.6 Å². The lowest BCUT2D eigenvalue weighted by atomic mass is 9.99. The maximum atomic E-state index is 13.2. The first-order chi connectivity index (χ1) is 16.8. The van der Waals surface area contributed by atoms with Gasteiger partial charge in [0.1, 0.15) is 24.2 Å². The van der Waals surface area contributed by atoms with E-state index >= 15 is 0 Å². The molecule has 0 unspecified atom stereocenters. The second-order valence-electron chi connectivity index (χ2n) is 8.96. The van der Waals surface area contributed by atoms with E-state index in [0.29, 0.717) is 25.0 Å². The van der Waals surface area contributed by atoms with Crippen molar-refractivity contribution in [3.05, 3.63) is 0 Å². The lowest BCUT2D eigenvalue weighted by molar-refractivity contribution is -0.143.